The SMILES string of the molecule is Cc1ccc(C)c(N2C(=O)[C@H]3CC[C@@H](C)C[C@H]3C2=O)c1. The molecular weight excluding hydrogens is 250 g/mol. The number of nitrogens with zero attached hydrogens (tertiary/aromatic N) is 1. The molecule has 3 nitrogen and oxygen atoms in total. The van der Waals surface area contributed by atoms with Crippen molar-refractivity contribution >= 4 is 17.5 Å². The van der Waals surface area contributed by atoms with E-state index in [0.717, 1.165) is 36.1 Å². The molecule has 0 radical (unpaired) electrons. The zero-order chi connectivity index (χ0) is 14.4. The number of rotatable bonds is 1. The second kappa shape index (κ2) is 4.72. The van der Waals surface area contributed by atoms with Gasteiger partial charge in [-0.3, -0.25) is 9.59 Å². The van der Waals surface area contributed by atoms with Gasteiger partial charge in [0.15, 0.2) is 0 Å². The van der Waals surface area contributed by atoms with Gasteiger partial charge in [-0.2, -0.15) is 0 Å². The highest BCUT2D eigenvalue weighted by Gasteiger charge is 2.50. The fraction of sp³-hybridized carbons (Fsp3) is 0.529. The van der Waals surface area contributed by atoms with E-state index in [1.807, 2.05) is 32.0 Å². The van der Waals surface area contributed by atoms with Gasteiger partial charge in [0.25, 0.3) is 0 Å². The Morgan fingerprint density at radius 2 is 1.75 bits per heavy atom. The lowest BCUT2D eigenvalue weighted by atomic mass is 9.76. The van der Waals surface area contributed by atoms with Gasteiger partial charge in [-0.15, -0.1) is 0 Å². The van der Waals surface area contributed by atoms with Crippen LogP contribution in [0.1, 0.15) is 37.3 Å². The third-order valence-corrected chi connectivity index (χ3v) is 4.79. The normalized spacial score (nSPS) is 29.8. The van der Waals surface area contributed by atoms with E-state index < -0.39 is 0 Å². The van der Waals surface area contributed by atoms with Gasteiger partial charge in [-0.1, -0.05) is 19.1 Å². The van der Waals surface area contributed by atoms with Crippen LogP contribution in [0.15, 0.2) is 18.2 Å². The largest absolute Gasteiger partial charge is 0.274 e. The topological polar surface area (TPSA) is 37.4 Å². The molecule has 3 heteroatoms. The van der Waals surface area contributed by atoms with Crippen molar-refractivity contribution in [1.82, 2.24) is 0 Å². The zero-order valence-electron chi connectivity index (χ0n) is 12.3. The Morgan fingerprint density at radius 3 is 2.50 bits per heavy atom. The summed E-state index contributed by atoms with van der Waals surface area (Å²) in [4.78, 5) is 26.7. The molecule has 0 spiro atoms. The number of carbonyl (C=O) groups excluding carboxylic acids is 2. The minimum Gasteiger partial charge on any atom is -0.274 e. The molecule has 0 bridgehead atoms. The van der Waals surface area contributed by atoms with Gasteiger partial charge < -0.3 is 0 Å². The van der Waals surface area contributed by atoms with Gasteiger partial charge in [-0.05, 0) is 56.2 Å². The van der Waals surface area contributed by atoms with Gasteiger partial charge in [0.05, 0.1) is 17.5 Å². The first-order valence-corrected chi connectivity index (χ1v) is 7.44. The molecule has 1 aliphatic heterocycles. The molecule has 1 saturated carbocycles. The van der Waals surface area contributed by atoms with Crippen LogP contribution in [-0.2, 0) is 9.59 Å². The molecule has 2 fully saturated rings. The third kappa shape index (κ3) is 1.96. The lowest BCUT2D eigenvalue weighted by molar-refractivity contribution is -0.122. The first kappa shape index (κ1) is 13.3. The Balaban J connectivity index is 2.00. The number of fused-ring (bicyclic) bond motifs is 1. The minimum atomic E-state index is -0.0915. The van der Waals surface area contributed by atoms with Crippen LogP contribution in [-0.4, -0.2) is 11.8 Å². The van der Waals surface area contributed by atoms with Crippen molar-refractivity contribution in [3.8, 4) is 0 Å². The van der Waals surface area contributed by atoms with Gasteiger partial charge in [-0.25, -0.2) is 4.90 Å². The molecule has 2 amide bonds. The van der Waals surface area contributed by atoms with Crippen LogP contribution in [0, 0.1) is 31.6 Å². The number of amides is 2. The standard InChI is InChI=1S/C17H21NO2/c1-10-5-7-13-14(8-10)17(20)18(16(13)19)15-9-11(2)4-6-12(15)3/h4,6,9-10,13-14H,5,7-8H2,1-3H3/t10-,13+,14-/m1/s1. The fourth-order valence-electron chi connectivity index (χ4n) is 3.59. The molecule has 0 N–H and O–H groups in total. The molecule has 0 unspecified atom stereocenters. The van der Waals surface area contributed by atoms with Crippen molar-refractivity contribution in [1.29, 1.82) is 0 Å². The van der Waals surface area contributed by atoms with E-state index in [1.54, 1.807) is 0 Å². The van der Waals surface area contributed by atoms with Gasteiger partial charge in [0.2, 0.25) is 11.8 Å². The zero-order valence-corrected chi connectivity index (χ0v) is 12.3. The predicted octanol–water partition coefficient (Wildman–Crippen LogP) is 3.23. The summed E-state index contributed by atoms with van der Waals surface area (Å²) in [5.41, 5.74) is 2.85. The molecule has 1 saturated heterocycles. The number of hydrogen-bond acceptors (Lipinski definition) is 2. The summed E-state index contributed by atoms with van der Waals surface area (Å²) in [5, 5.41) is 0. The van der Waals surface area contributed by atoms with E-state index in [0.29, 0.717) is 5.92 Å². The van der Waals surface area contributed by atoms with Crippen LogP contribution < -0.4 is 4.90 Å². The Hall–Kier alpha value is -1.64. The Morgan fingerprint density at radius 1 is 1.05 bits per heavy atom. The Labute approximate surface area is 120 Å². The van der Waals surface area contributed by atoms with Crippen LogP contribution >= 0.6 is 0 Å². The third-order valence-electron chi connectivity index (χ3n) is 4.79. The Bertz CT molecular complexity index is 578. The van der Waals surface area contributed by atoms with Crippen LogP contribution in [0.4, 0.5) is 5.69 Å². The highest BCUT2D eigenvalue weighted by molar-refractivity contribution is 6.22. The van der Waals surface area contributed by atoms with E-state index in [2.05, 4.69) is 6.92 Å². The maximum atomic E-state index is 12.7. The molecule has 20 heavy (non-hydrogen) atoms. The van der Waals surface area contributed by atoms with E-state index in [4.69, 9.17) is 0 Å². The average Bonchev–Trinajstić information content (AvgIpc) is 2.65. The number of imide groups is 1. The average molecular weight is 271 g/mol. The quantitative estimate of drug-likeness (QED) is 0.735. The maximum Gasteiger partial charge on any atom is 0.237 e. The van der Waals surface area contributed by atoms with Crippen molar-refractivity contribution in [3.05, 3.63) is 29.3 Å². The van der Waals surface area contributed by atoms with E-state index in [-0.39, 0.29) is 23.7 Å². The maximum absolute atomic E-state index is 12.7. The molecule has 1 aromatic carbocycles. The molecule has 2 aliphatic rings. The first-order chi connectivity index (χ1) is 9.49. The second-order valence-electron chi connectivity index (χ2n) is 6.43. The molecule has 106 valence electrons. The van der Waals surface area contributed by atoms with Crippen LogP contribution in [0.3, 0.4) is 0 Å². The second-order valence-corrected chi connectivity index (χ2v) is 6.43. The summed E-state index contributed by atoms with van der Waals surface area (Å²) in [6, 6.07) is 5.95. The molecule has 3 atom stereocenters. The molecule has 0 aromatic heterocycles. The molecule has 1 heterocycles. The first-order valence-electron chi connectivity index (χ1n) is 7.44. The molecular formula is C17H21NO2. The van der Waals surface area contributed by atoms with Crippen LogP contribution in [0.5, 0.6) is 0 Å². The van der Waals surface area contributed by atoms with Gasteiger partial charge in [0.1, 0.15) is 0 Å². The summed E-state index contributed by atoms with van der Waals surface area (Å²) in [6.07, 6.45) is 2.77. The predicted molar refractivity (Wildman–Crippen MR) is 78.4 cm³/mol. The number of hydrogen-bond donors (Lipinski definition) is 0. The summed E-state index contributed by atoms with van der Waals surface area (Å²) in [6.45, 7) is 6.12. The summed E-state index contributed by atoms with van der Waals surface area (Å²) < 4.78 is 0. The van der Waals surface area contributed by atoms with Crippen molar-refractivity contribution in [2.24, 2.45) is 17.8 Å². The Kier molecular flexibility index (Phi) is 3.15. The summed E-state index contributed by atoms with van der Waals surface area (Å²) >= 11 is 0. The van der Waals surface area contributed by atoms with Crippen molar-refractivity contribution in [3.63, 3.8) is 0 Å². The van der Waals surface area contributed by atoms with Gasteiger partial charge in [0, 0.05) is 0 Å². The monoisotopic (exact) mass is 271 g/mol. The highest BCUT2D eigenvalue weighted by Crippen LogP contribution is 2.42. The van der Waals surface area contributed by atoms with E-state index in [9.17, 15) is 9.59 Å². The lowest BCUT2D eigenvalue weighted by Gasteiger charge is -2.25. The van der Waals surface area contributed by atoms with Crippen molar-refractivity contribution in [2.75, 3.05) is 4.90 Å². The number of benzene rings is 1. The molecule has 3 rings (SSSR count). The molecule has 1 aromatic rings. The van der Waals surface area contributed by atoms with E-state index >= 15 is 0 Å². The number of carbonyl (C=O) groups is 2. The summed E-state index contributed by atoms with van der Waals surface area (Å²) in [7, 11) is 0. The fourth-order valence-corrected chi connectivity index (χ4v) is 3.59. The smallest absolute Gasteiger partial charge is 0.237 e. The van der Waals surface area contributed by atoms with Gasteiger partial charge >= 0.3 is 0 Å². The van der Waals surface area contributed by atoms with Crippen molar-refractivity contribution < 1.29 is 9.59 Å². The number of aryl methyl sites for hydroxylation is 2. The number of anilines is 1. The van der Waals surface area contributed by atoms with Crippen molar-refractivity contribution in [2.45, 2.75) is 40.0 Å². The summed E-state index contributed by atoms with van der Waals surface area (Å²) in [5.74, 6) is 0.400. The van der Waals surface area contributed by atoms with Crippen LogP contribution in [0.25, 0.3) is 0 Å². The lowest BCUT2D eigenvalue weighted by Crippen LogP contribution is -2.31. The van der Waals surface area contributed by atoms with E-state index in [1.165, 1.54) is 4.90 Å². The highest BCUT2D eigenvalue weighted by atomic mass is 16.2. The van der Waals surface area contributed by atoms with Crippen LogP contribution in [0.2, 0.25) is 0 Å². The molecule has 1 aliphatic carbocycles. The minimum absolute atomic E-state index is 0.0141.